The fourth-order valence-corrected chi connectivity index (χ4v) is 3.97. The van der Waals surface area contributed by atoms with Gasteiger partial charge in [-0.3, -0.25) is 4.90 Å². The monoisotopic (exact) mass is 194 g/mol. The average Bonchev–Trinajstić information content (AvgIpc) is 2.79. The van der Waals surface area contributed by atoms with Crippen LogP contribution in [0.15, 0.2) is 0 Å². The quantitative estimate of drug-likeness (QED) is 0.680. The zero-order valence-corrected chi connectivity index (χ0v) is 9.21. The standard InChI is InChI=1S/C12H22N2/c1-9-8-13-4-5-14(9)12-7-10-2-3-11(12)6-10/h9-13H,2-8H2,1H3. The molecule has 4 atom stereocenters. The van der Waals surface area contributed by atoms with Gasteiger partial charge in [-0.2, -0.15) is 0 Å². The fourth-order valence-electron chi connectivity index (χ4n) is 3.97. The number of fused-ring (bicyclic) bond motifs is 2. The van der Waals surface area contributed by atoms with E-state index in [1.165, 1.54) is 38.9 Å². The van der Waals surface area contributed by atoms with E-state index in [0.717, 1.165) is 23.9 Å². The van der Waals surface area contributed by atoms with E-state index in [9.17, 15) is 0 Å². The van der Waals surface area contributed by atoms with Gasteiger partial charge in [0.2, 0.25) is 0 Å². The van der Waals surface area contributed by atoms with Crippen LogP contribution in [0.2, 0.25) is 0 Å². The molecule has 2 aliphatic carbocycles. The highest BCUT2D eigenvalue weighted by atomic mass is 15.2. The van der Waals surface area contributed by atoms with Crippen molar-refractivity contribution in [3.63, 3.8) is 0 Å². The lowest BCUT2D eigenvalue weighted by molar-refractivity contribution is 0.0811. The number of hydrogen-bond donors (Lipinski definition) is 1. The Kier molecular flexibility index (Phi) is 2.29. The number of nitrogens with zero attached hydrogens (tertiary/aromatic N) is 1. The van der Waals surface area contributed by atoms with Crippen molar-refractivity contribution in [2.24, 2.45) is 11.8 Å². The first kappa shape index (κ1) is 9.17. The summed E-state index contributed by atoms with van der Waals surface area (Å²) in [6.07, 6.45) is 6.10. The number of rotatable bonds is 1. The highest BCUT2D eigenvalue weighted by Gasteiger charge is 2.43. The van der Waals surface area contributed by atoms with Crippen molar-refractivity contribution < 1.29 is 0 Å². The minimum absolute atomic E-state index is 0.771. The molecule has 1 saturated heterocycles. The molecular formula is C12H22N2. The van der Waals surface area contributed by atoms with Gasteiger partial charge in [-0.25, -0.2) is 0 Å². The fraction of sp³-hybridized carbons (Fsp3) is 1.00. The molecule has 4 unspecified atom stereocenters. The third-order valence-electron chi connectivity index (χ3n) is 4.68. The van der Waals surface area contributed by atoms with Crippen molar-refractivity contribution in [1.29, 1.82) is 0 Å². The van der Waals surface area contributed by atoms with Crippen LogP contribution in [0.25, 0.3) is 0 Å². The Bertz CT molecular complexity index is 216. The number of hydrogen-bond acceptors (Lipinski definition) is 2. The molecule has 1 heterocycles. The van der Waals surface area contributed by atoms with Crippen molar-refractivity contribution in [3.05, 3.63) is 0 Å². The summed E-state index contributed by atoms with van der Waals surface area (Å²) in [7, 11) is 0. The zero-order chi connectivity index (χ0) is 9.54. The van der Waals surface area contributed by atoms with Crippen LogP contribution in [0.3, 0.4) is 0 Å². The van der Waals surface area contributed by atoms with Gasteiger partial charge in [0.15, 0.2) is 0 Å². The van der Waals surface area contributed by atoms with E-state index in [2.05, 4.69) is 17.1 Å². The second kappa shape index (κ2) is 3.49. The Balaban J connectivity index is 1.69. The molecule has 2 saturated carbocycles. The molecule has 2 bridgehead atoms. The van der Waals surface area contributed by atoms with Gasteiger partial charge in [0, 0.05) is 31.7 Å². The molecule has 0 aromatic rings. The minimum atomic E-state index is 0.771. The first-order valence-corrected chi connectivity index (χ1v) is 6.31. The Morgan fingerprint density at radius 1 is 1.21 bits per heavy atom. The van der Waals surface area contributed by atoms with Crippen LogP contribution < -0.4 is 5.32 Å². The van der Waals surface area contributed by atoms with Crippen LogP contribution in [0.5, 0.6) is 0 Å². The molecule has 2 nitrogen and oxygen atoms in total. The Labute approximate surface area is 87.0 Å². The molecule has 0 aromatic heterocycles. The normalized spacial score (nSPS) is 48.6. The summed E-state index contributed by atoms with van der Waals surface area (Å²) >= 11 is 0. The van der Waals surface area contributed by atoms with Gasteiger partial charge in [0.1, 0.15) is 0 Å². The maximum Gasteiger partial charge on any atom is 0.0195 e. The molecule has 1 N–H and O–H groups in total. The molecular weight excluding hydrogens is 172 g/mol. The molecule has 3 fully saturated rings. The van der Waals surface area contributed by atoms with Gasteiger partial charge < -0.3 is 5.32 Å². The van der Waals surface area contributed by atoms with E-state index in [-0.39, 0.29) is 0 Å². The molecule has 2 heteroatoms. The van der Waals surface area contributed by atoms with Crippen molar-refractivity contribution in [1.82, 2.24) is 10.2 Å². The topological polar surface area (TPSA) is 15.3 Å². The van der Waals surface area contributed by atoms with Crippen LogP contribution in [0.4, 0.5) is 0 Å². The lowest BCUT2D eigenvalue weighted by Gasteiger charge is -2.41. The average molecular weight is 194 g/mol. The largest absolute Gasteiger partial charge is 0.314 e. The highest BCUT2D eigenvalue weighted by molar-refractivity contribution is 4.97. The third-order valence-corrected chi connectivity index (χ3v) is 4.68. The third kappa shape index (κ3) is 1.40. The van der Waals surface area contributed by atoms with Crippen molar-refractivity contribution in [3.8, 4) is 0 Å². The summed E-state index contributed by atoms with van der Waals surface area (Å²) in [5, 5.41) is 3.49. The second-order valence-corrected chi connectivity index (χ2v) is 5.53. The Morgan fingerprint density at radius 3 is 2.79 bits per heavy atom. The first-order chi connectivity index (χ1) is 6.84. The van der Waals surface area contributed by atoms with Crippen LogP contribution in [0, 0.1) is 11.8 Å². The molecule has 0 aromatic carbocycles. The van der Waals surface area contributed by atoms with Gasteiger partial charge in [0.05, 0.1) is 0 Å². The van der Waals surface area contributed by atoms with E-state index in [1.54, 1.807) is 6.42 Å². The summed E-state index contributed by atoms with van der Waals surface area (Å²) in [5.41, 5.74) is 0. The smallest absolute Gasteiger partial charge is 0.0195 e. The molecule has 0 radical (unpaired) electrons. The van der Waals surface area contributed by atoms with Crippen LogP contribution in [-0.4, -0.2) is 36.6 Å². The number of piperazine rings is 1. The summed E-state index contributed by atoms with van der Waals surface area (Å²) in [6, 6.07) is 1.72. The van der Waals surface area contributed by atoms with Crippen LogP contribution in [-0.2, 0) is 0 Å². The molecule has 0 spiro atoms. The van der Waals surface area contributed by atoms with Gasteiger partial charge in [-0.05, 0) is 38.0 Å². The van der Waals surface area contributed by atoms with E-state index in [0.29, 0.717) is 0 Å². The van der Waals surface area contributed by atoms with Gasteiger partial charge in [-0.15, -0.1) is 0 Å². The molecule has 3 aliphatic rings. The molecule has 3 rings (SSSR count). The summed E-state index contributed by atoms with van der Waals surface area (Å²) in [5.74, 6) is 2.15. The van der Waals surface area contributed by atoms with Crippen molar-refractivity contribution in [2.45, 2.75) is 44.7 Å². The van der Waals surface area contributed by atoms with Gasteiger partial charge in [-0.1, -0.05) is 6.42 Å². The summed E-state index contributed by atoms with van der Waals surface area (Å²) in [6.45, 7) is 6.08. The molecule has 80 valence electrons. The summed E-state index contributed by atoms with van der Waals surface area (Å²) < 4.78 is 0. The maximum absolute atomic E-state index is 3.49. The Hall–Kier alpha value is -0.0800. The predicted molar refractivity (Wildman–Crippen MR) is 58.3 cm³/mol. The van der Waals surface area contributed by atoms with E-state index >= 15 is 0 Å². The van der Waals surface area contributed by atoms with E-state index in [4.69, 9.17) is 0 Å². The van der Waals surface area contributed by atoms with Crippen LogP contribution >= 0.6 is 0 Å². The second-order valence-electron chi connectivity index (χ2n) is 5.53. The minimum Gasteiger partial charge on any atom is -0.314 e. The molecule has 14 heavy (non-hydrogen) atoms. The predicted octanol–water partition coefficient (Wildman–Crippen LogP) is 1.47. The zero-order valence-electron chi connectivity index (χ0n) is 9.21. The lowest BCUT2D eigenvalue weighted by atomic mass is 9.92. The molecule has 0 amide bonds. The summed E-state index contributed by atoms with van der Waals surface area (Å²) in [4.78, 5) is 2.79. The van der Waals surface area contributed by atoms with Crippen LogP contribution in [0.1, 0.15) is 32.6 Å². The molecule has 1 aliphatic heterocycles. The van der Waals surface area contributed by atoms with E-state index in [1.807, 2.05) is 0 Å². The Morgan fingerprint density at radius 2 is 2.14 bits per heavy atom. The van der Waals surface area contributed by atoms with Gasteiger partial charge >= 0.3 is 0 Å². The van der Waals surface area contributed by atoms with E-state index < -0.39 is 0 Å². The SMILES string of the molecule is CC1CNCCN1C1CC2CCC1C2. The first-order valence-electron chi connectivity index (χ1n) is 6.31. The van der Waals surface area contributed by atoms with Crippen molar-refractivity contribution >= 4 is 0 Å². The highest BCUT2D eigenvalue weighted by Crippen LogP contribution is 2.47. The lowest BCUT2D eigenvalue weighted by Crippen LogP contribution is -2.55. The van der Waals surface area contributed by atoms with Crippen molar-refractivity contribution in [2.75, 3.05) is 19.6 Å². The number of nitrogens with one attached hydrogen (secondary N) is 1. The van der Waals surface area contributed by atoms with Gasteiger partial charge in [0.25, 0.3) is 0 Å². The maximum atomic E-state index is 3.49.